The first-order valence-corrected chi connectivity index (χ1v) is 11.2. The van der Waals surface area contributed by atoms with Crippen molar-refractivity contribution in [3.63, 3.8) is 0 Å². The predicted molar refractivity (Wildman–Crippen MR) is 129 cm³/mol. The van der Waals surface area contributed by atoms with Crippen molar-refractivity contribution in [2.24, 2.45) is 5.92 Å². The Labute approximate surface area is 189 Å². The van der Waals surface area contributed by atoms with Gasteiger partial charge in [-0.2, -0.15) is 0 Å². The summed E-state index contributed by atoms with van der Waals surface area (Å²) in [6, 6.07) is 27.2. The van der Waals surface area contributed by atoms with Crippen LogP contribution >= 0.6 is 0 Å². The van der Waals surface area contributed by atoms with E-state index in [1.807, 2.05) is 60.7 Å². The van der Waals surface area contributed by atoms with Gasteiger partial charge < -0.3 is 15.5 Å². The van der Waals surface area contributed by atoms with Crippen molar-refractivity contribution in [3.05, 3.63) is 96.1 Å². The van der Waals surface area contributed by atoms with E-state index in [1.165, 1.54) is 5.56 Å². The molecule has 2 N–H and O–H groups in total. The van der Waals surface area contributed by atoms with Crippen molar-refractivity contribution in [2.45, 2.75) is 25.7 Å². The van der Waals surface area contributed by atoms with Crippen LogP contribution in [0.15, 0.2) is 84.9 Å². The van der Waals surface area contributed by atoms with E-state index < -0.39 is 0 Å². The molecule has 1 aliphatic heterocycles. The third kappa shape index (κ3) is 5.35. The van der Waals surface area contributed by atoms with Crippen molar-refractivity contribution < 1.29 is 9.59 Å². The maximum absolute atomic E-state index is 13.1. The van der Waals surface area contributed by atoms with E-state index in [9.17, 15) is 9.59 Å². The van der Waals surface area contributed by atoms with Crippen LogP contribution in [0.3, 0.4) is 0 Å². The van der Waals surface area contributed by atoms with E-state index in [1.54, 1.807) is 4.90 Å². The van der Waals surface area contributed by atoms with E-state index in [0.29, 0.717) is 19.5 Å². The third-order valence-electron chi connectivity index (χ3n) is 6.03. The van der Waals surface area contributed by atoms with Crippen LogP contribution in [0.1, 0.15) is 30.4 Å². The number of carbonyl (C=O) groups excluding carboxylic acids is 2. The highest BCUT2D eigenvalue weighted by molar-refractivity contribution is 5.94. The highest BCUT2D eigenvalue weighted by atomic mass is 16.2. The molecule has 2 atom stereocenters. The molecule has 32 heavy (non-hydrogen) atoms. The average molecular weight is 428 g/mol. The van der Waals surface area contributed by atoms with Gasteiger partial charge in [0, 0.05) is 30.4 Å². The standard InChI is InChI=1S/C27H29N3O2/c1-2-20-13-15-21(16-14-20)22-17-23(26(31)28-24-9-5-3-6-10-24)19-30(18-22)27(32)29-25-11-7-4-8-12-25/h3-16,22-23H,2,17-19H2,1H3,(H,28,31)(H,29,32). The first-order valence-electron chi connectivity index (χ1n) is 11.2. The number of hydrogen-bond donors (Lipinski definition) is 2. The normalized spacial score (nSPS) is 18.1. The van der Waals surface area contributed by atoms with Gasteiger partial charge in [-0.05, 0) is 48.2 Å². The van der Waals surface area contributed by atoms with Crippen molar-refractivity contribution in [1.82, 2.24) is 4.90 Å². The molecular formula is C27H29N3O2. The number of amides is 3. The Hall–Kier alpha value is -3.60. The van der Waals surface area contributed by atoms with E-state index in [0.717, 1.165) is 23.4 Å². The molecule has 1 saturated heterocycles. The summed E-state index contributed by atoms with van der Waals surface area (Å²) in [7, 11) is 0. The summed E-state index contributed by atoms with van der Waals surface area (Å²) in [5.74, 6) is -0.243. The lowest BCUT2D eigenvalue weighted by atomic mass is 9.83. The molecule has 3 aromatic rings. The molecule has 0 aromatic heterocycles. The van der Waals surface area contributed by atoms with Gasteiger partial charge in [-0.15, -0.1) is 0 Å². The number of urea groups is 1. The number of anilines is 2. The Balaban J connectivity index is 1.53. The molecule has 3 amide bonds. The molecule has 4 rings (SSSR count). The Morgan fingerprint density at radius 3 is 2.00 bits per heavy atom. The molecule has 0 spiro atoms. The quantitative estimate of drug-likeness (QED) is 0.563. The second-order valence-electron chi connectivity index (χ2n) is 8.28. The number of carbonyl (C=O) groups is 2. The highest BCUT2D eigenvalue weighted by Gasteiger charge is 2.34. The van der Waals surface area contributed by atoms with Gasteiger partial charge in [-0.25, -0.2) is 4.79 Å². The second kappa shape index (κ2) is 10.1. The van der Waals surface area contributed by atoms with Crippen LogP contribution in [-0.4, -0.2) is 29.9 Å². The summed E-state index contributed by atoms with van der Waals surface area (Å²) in [6.07, 6.45) is 1.69. The van der Waals surface area contributed by atoms with Gasteiger partial charge in [0.05, 0.1) is 5.92 Å². The van der Waals surface area contributed by atoms with E-state index >= 15 is 0 Å². The molecule has 164 valence electrons. The molecule has 0 aliphatic carbocycles. The zero-order chi connectivity index (χ0) is 22.3. The number of hydrogen-bond acceptors (Lipinski definition) is 2. The predicted octanol–water partition coefficient (Wildman–Crippen LogP) is 5.53. The van der Waals surface area contributed by atoms with Crippen LogP contribution in [0.5, 0.6) is 0 Å². The van der Waals surface area contributed by atoms with E-state index in [2.05, 4.69) is 41.8 Å². The summed E-state index contributed by atoms with van der Waals surface area (Å²) in [5, 5.41) is 5.98. The summed E-state index contributed by atoms with van der Waals surface area (Å²) in [6.45, 7) is 3.11. The molecule has 3 aromatic carbocycles. The van der Waals surface area contributed by atoms with E-state index in [-0.39, 0.29) is 23.8 Å². The maximum Gasteiger partial charge on any atom is 0.321 e. The fourth-order valence-electron chi connectivity index (χ4n) is 4.21. The number of para-hydroxylation sites is 2. The zero-order valence-electron chi connectivity index (χ0n) is 18.3. The monoisotopic (exact) mass is 427 g/mol. The molecule has 0 radical (unpaired) electrons. The van der Waals surface area contributed by atoms with Gasteiger partial charge in [-0.3, -0.25) is 4.79 Å². The number of nitrogens with zero attached hydrogens (tertiary/aromatic N) is 1. The number of piperidine rings is 1. The second-order valence-corrected chi connectivity index (χ2v) is 8.28. The number of rotatable bonds is 5. The lowest BCUT2D eigenvalue weighted by Crippen LogP contribution is -2.48. The Morgan fingerprint density at radius 1 is 0.812 bits per heavy atom. The lowest BCUT2D eigenvalue weighted by molar-refractivity contribution is -0.121. The molecule has 1 aliphatic rings. The molecular weight excluding hydrogens is 398 g/mol. The van der Waals surface area contributed by atoms with Gasteiger partial charge in [0.15, 0.2) is 0 Å². The van der Waals surface area contributed by atoms with Crippen molar-refractivity contribution in [1.29, 1.82) is 0 Å². The number of likely N-dealkylation sites (tertiary alicyclic amines) is 1. The van der Waals surface area contributed by atoms with Crippen LogP contribution in [0.2, 0.25) is 0 Å². The molecule has 0 bridgehead atoms. The van der Waals surface area contributed by atoms with Crippen LogP contribution in [-0.2, 0) is 11.2 Å². The Bertz CT molecular complexity index is 974. The summed E-state index contributed by atoms with van der Waals surface area (Å²) < 4.78 is 0. The van der Waals surface area contributed by atoms with Gasteiger partial charge in [-0.1, -0.05) is 67.6 Å². The average Bonchev–Trinajstić information content (AvgIpc) is 2.85. The van der Waals surface area contributed by atoms with E-state index in [4.69, 9.17) is 0 Å². The minimum Gasteiger partial charge on any atom is -0.326 e. The largest absolute Gasteiger partial charge is 0.326 e. The minimum atomic E-state index is -0.290. The van der Waals surface area contributed by atoms with Crippen LogP contribution in [0.4, 0.5) is 16.2 Å². The Kier molecular flexibility index (Phi) is 6.85. The SMILES string of the molecule is CCc1ccc(C2CC(C(=O)Nc3ccccc3)CN(C(=O)Nc3ccccc3)C2)cc1. The lowest BCUT2D eigenvalue weighted by Gasteiger charge is -2.37. The van der Waals surface area contributed by atoms with Gasteiger partial charge in [0.2, 0.25) is 5.91 Å². The smallest absolute Gasteiger partial charge is 0.321 e. The molecule has 5 heteroatoms. The summed E-state index contributed by atoms with van der Waals surface area (Å²) >= 11 is 0. The number of aryl methyl sites for hydroxylation is 1. The number of benzene rings is 3. The van der Waals surface area contributed by atoms with Gasteiger partial charge in [0.25, 0.3) is 0 Å². The van der Waals surface area contributed by atoms with Crippen LogP contribution in [0, 0.1) is 5.92 Å². The first-order chi connectivity index (χ1) is 15.6. The van der Waals surface area contributed by atoms with Crippen molar-refractivity contribution >= 4 is 23.3 Å². The molecule has 1 fully saturated rings. The molecule has 5 nitrogen and oxygen atoms in total. The Morgan fingerprint density at radius 2 is 1.41 bits per heavy atom. The molecule has 1 heterocycles. The first kappa shape index (κ1) is 21.6. The topological polar surface area (TPSA) is 61.4 Å². The van der Waals surface area contributed by atoms with Crippen molar-refractivity contribution in [3.8, 4) is 0 Å². The van der Waals surface area contributed by atoms with Crippen molar-refractivity contribution in [2.75, 3.05) is 23.7 Å². The maximum atomic E-state index is 13.1. The van der Waals surface area contributed by atoms with Gasteiger partial charge >= 0.3 is 6.03 Å². The van der Waals surface area contributed by atoms with Crippen LogP contribution in [0.25, 0.3) is 0 Å². The summed E-state index contributed by atoms with van der Waals surface area (Å²) in [5.41, 5.74) is 3.96. The fraction of sp³-hybridized carbons (Fsp3) is 0.259. The highest BCUT2D eigenvalue weighted by Crippen LogP contribution is 2.32. The summed E-state index contributed by atoms with van der Waals surface area (Å²) in [4.78, 5) is 27.9. The minimum absolute atomic E-state index is 0.0522. The van der Waals surface area contributed by atoms with Crippen LogP contribution < -0.4 is 10.6 Å². The third-order valence-corrected chi connectivity index (χ3v) is 6.03. The molecule has 0 saturated carbocycles. The number of nitrogens with one attached hydrogen (secondary N) is 2. The fourth-order valence-corrected chi connectivity index (χ4v) is 4.21. The molecule has 2 unspecified atom stereocenters. The van der Waals surface area contributed by atoms with Gasteiger partial charge in [0.1, 0.15) is 0 Å². The zero-order valence-corrected chi connectivity index (χ0v) is 18.3.